The van der Waals surface area contributed by atoms with Gasteiger partial charge in [-0.05, 0) is 25.7 Å². The third-order valence-electron chi connectivity index (χ3n) is 5.53. The predicted octanol–water partition coefficient (Wildman–Crippen LogP) is 5.21. The van der Waals surface area contributed by atoms with E-state index in [4.69, 9.17) is 5.11 Å². The minimum atomic E-state index is -0.809. The number of hydrogen-bond acceptors (Lipinski definition) is 4. The van der Waals surface area contributed by atoms with Crippen molar-refractivity contribution in [3.63, 3.8) is 0 Å². The van der Waals surface area contributed by atoms with E-state index in [0.717, 1.165) is 57.8 Å². The Morgan fingerprint density at radius 2 is 1.14 bits per heavy atom. The topological polar surface area (TPSA) is 89.8 Å². The third-order valence-corrected chi connectivity index (χ3v) is 5.53. The Morgan fingerprint density at radius 3 is 1.66 bits per heavy atom. The Balaban J connectivity index is 3.48. The van der Waals surface area contributed by atoms with Crippen LogP contribution in [0.2, 0.25) is 0 Å². The van der Waals surface area contributed by atoms with Gasteiger partial charge in [-0.3, -0.25) is 4.79 Å². The molecule has 0 fully saturated rings. The number of hydrogen-bond donors (Lipinski definition) is 4. The van der Waals surface area contributed by atoms with Crippen LogP contribution in [-0.4, -0.2) is 40.2 Å². The third kappa shape index (κ3) is 21.9. The summed E-state index contributed by atoms with van der Waals surface area (Å²) in [7, 11) is 0. The normalized spacial score (nSPS) is 13.4. The second-order valence-corrected chi connectivity index (χ2v) is 8.55. The van der Waals surface area contributed by atoms with Crippen molar-refractivity contribution in [1.29, 1.82) is 0 Å². The van der Waals surface area contributed by atoms with Crippen molar-refractivity contribution < 1.29 is 20.1 Å². The average Bonchev–Trinajstić information content (AvgIpc) is 2.68. The number of amides is 1. The van der Waals surface area contributed by atoms with Gasteiger partial charge in [0.1, 0.15) is 6.23 Å². The monoisotopic (exact) mass is 415 g/mol. The van der Waals surface area contributed by atoms with Crippen LogP contribution >= 0.6 is 0 Å². The van der Waals surface area contributed by atoms with Crippen LogP contribution in [0.4, 0.5) is 0 Å². The summed E-state index contributed by atoms with van der Waals surface area (Å²) < 4.78 is 0. The summed E-state index contributed by atoms with van der Waals surface area (Å²) in [4.78, 5) is 11.9. The quantitative estimate of drug-likeness (QED) is 0.144. The van der Waals surface area contributed by atoms with E-state index in [1.165, 1.54) is 44.9 Å². The summed E-state index contributed by atoms with van der Waals surface area (Å²) in [6.07, 6.45) is 18.4. The average molecular weight is 416 g/mol. The molecule has 0 saturated heterocycles. The fourth-order valence-electron chi connectivity index (χ4n) is 3.66. The lowest BCUT2D eigenvalue weighted by Gasteiger charge is -2.15. The van der Waals surface area contributed by atoms with Gasteiger partial charge in [0.05, 0.1) is 12.5 Å². The maximum atomic E-state index is 11.9. The maximum Gasteiger partial charge on any atom is 0.224 e. The molecule has 0 spiro atoms. The first kappa shape index (κ1) is 28.4. The number of rotatable bonds is 22. The van der Waals surface area contributed by atoms with Crippen molar-refractivity contribution in [2.24, 2.45) is 0 Å². The molecule has 0 rings (SSSR count). The molecule has 0 aromatic rings. The van der Waals surface area contributed by atoms with Crippen molar-refractivity contribution >= 4 is 5.91 Å². The summed E-state index contributed by atoms with van der Waals surface area (Å²) >= 11 is 0. The number of carbonyl (C=O) groups is 1. The van der Waals surface area contributed by atoms with Crippen LogP contribution in [0.25, 0.3) is 0 Å². The molecule has 0 bridgehead atoms. The Kier molecular flexibility index (Phi) is 21.6. The van der Waals surface area contributed by atoms with Gasteiger partial charge in [0, 0.05) is 6.61 Å². The van der Waals surface area contributed by atoms with Gasteiger partial charge in [0.15, 0.2) is 0 Å². The zero-order valence-corrected chi connectivity index (χ0v) is 19.0. The van der Waals surface area contributed by atoms with E-state index >= 15 is 0 Å². The van der Waals surface area contributed by atoms with Crippen molar-refractivity contribution in [2.45, 2.75) is 141 Å². The number of nitrogens with one attached hydrogen (secondary N) is 1. The number of aliphatic hydroxyl groups excluding tert-OH is 3. The molecular weight excluding hydrogens is 366 g/mol. The lowest BCUT2D eigenvalue weighted by atomic mass is 10.0. The lowest BCUT2D eigenvalue weighted by molar-refractivity contribution is -0.126. The first-order valence-corrected chi connectivity index (χ1v) is 12.4. The van der Waals surface area contributed by atoms with E-state index in [1.807, 2.05) is 0 Å². The van der Waals surface area contributed by atoms with Gasteiger partial charge in [-0.1, -0.05) is 96.8 Å². The second kappa shape index (κ2) is 22.0. The SMILES string of the molecule is CCCCCCCCCCCC(O)CC(=O)NC(O)CCCCCCCCCO. The highest BCUT2D eigenvalue weighted by Crippen LogP contribution is 2.13. The van der Waals surface area contributed by atoms with Gasteiger partial charge in [-0.2, -0.15) is 0 Å². The minimum absolute atomic E-state index is 0.0823. The van der Waals surface area contributed by atoms with Crippen LogP contribution in [0.3, 0.4) is 0 Å². The van der Waals surface area contributed by atoms with Crippen molar-refractivity contribution in [3.8, 4) is 0 Å². The molecule has 0 aliphatic heterocycles. The van der Waals surface area contributed by atoms with E-state index in [2.05, 4.69) is 12.2 Å². The zero-order valence-electron chi connectivity index (χ0n) is 19.0. The smallest absolute Gasteiger partial charge is 0.224 e. The summed E-state index contributed by atoms with van der Waals surface area (Å²) in [6.45, 7) is 2.51. The molecule has 2 atom stereocenters. The Bertz CT molecular complexity index is 352. The molecule has 0 aliphatic carbocycles. The van der Waals surface area contributed by atoms with Crippen LogP contribution in [0.15, 0.2) is 0 Å². The molecule has 4 N–H and O–H groups in total. The maximum absolute atomic E-state index is 11.9. The van der Waals surface area contributed by atoms with Gasteiger partial charge < -0.3 is 20.6 Å². The number of carbonyl (C=O) groups excluding carboxylic acids is 1. The predicted molar refractivity (Wildman–Crippen MR) is 121 cm³/mol. The Morgan fingerprint density at radius 1 is 0.690 bits per heavy atom. The summed E-state index contributed by atoms with van der Waals surface area (Å²) in [5.41, 5.74) is 0. The van der Waals surface area contributed by atoms with Crippen LogP contribution in [0, 0.1) is 0 Å². The molecule has 5 heteroatoms. The van der Waals surface area contributed by atoms with E-state index in [-0.39, 0.29) is 18.9 Å². The molecular formula is C24H49NO4. The van der Waals surface area contributed by atoms with Crippen LogP contribution in [0.1, 0.15) is 129 Å². The van der Waals surface area contributed by atoms with Crippen LogP contribution < -0.4 is 5.32 Å². The van der Waals surface area contributed by atoms with E-state index < -0.39 is 12.3 Å². The van der Waals surface area contributed by atoms with E-state index in [1.54, 1.807) is 0 Å². The Labute approximate surface area is 179 Å². The molecule has 0 radical (unpaired) electrons. The van der Waals surface area contributed by atoms with Crippen molar-refractivity contribution in [1.82, 2.24) is 5.32 Å². The van der Waals surface area contributed by atoms with Gasteiger partial charge in [-0.15, -0.1) is 0 Å². The molecule has 1 amide bonds. The van der Waals surface area contributed by atoms with Crippen molar-refractivity contribution in [2.75, 3.05) is 6.61 Å². The van der Waals surface area contributed by atoms with Gasteiger partial charge in [0.2, 0.25) is 5.91 Å². The number of aliphatic hydroxyl groups is 3. The fourth-order valence-corrected chi connectivity index (χ4v) is 3.66. The zero-order chi connectivity index (χ0) is 21.6. The van der Waals surface area contributed by atoms with Crippen LogP contribution in [-0.2, 0) is 4.79 Å². The van der Waals surface area contributed by atoms with Crippen LogP contribution in [0.5, 0.6) is 0 Å². The molecule has 29 heavy (non-hydrogen) atoms. The standard InChI is InChI=1S/C24H49NO4/c1-2-3-4-5-6-7-9-12-15-18-22(27)21-24(29)25-23(28)19-16-13-10-8-11-14-17-20-26/h22-23,26-28H,2-21H2,1H3,(H,25,29). The highest BCUT2D eigenvalue weighted by Gasteiger charge is 2.13. The minimum Gasteiger partial charge on any atom is -0.396 e. The highest BCUT2D eigenvalue weighted by atomic mass is 16.3. The van der Waals surface area contributed by atoms with Gasteiger partial charge >= 0.3 is 0 Å². The molecule has 174 valence electrons. The largest absolute Gasteiger partial charge is 0.396 e. The molecule has 0 heterocycles. The summed E-state index contributed by atoms with van der Waals surface area (Å²) in [5, 5.41) is 31.2. The molecule has 0 saturated carbocycles. The second-order valence-electron chi connectivity index (χ2n) is 8.55. The number of unbranched alkanes of at least 4 members (excludes halogenated alkanes) is 14. The Hall–Kier alpha value is -0.650. The molecule has 5 nitrogen and oxygen atoms in total. The van der Waals surface area contributed by atoms with E-state index in [0.29, 0.717) is 12.8 Å². The lowest BCUT2D eigenvalue weighted by Crippen LogP contribution is -2.36. The first-order chi connectivity index (χ1) is 14.1. The summed E-state index contributed by atoms with van der Waals surface area (Å²) in [6, 6.07) is 0. The first-order valence-electron chi connectivity index (χ1n) is 12.4. The van der Waals surface area contributed by atoms with Gasteiger partial charge in [0.25, 0.3) is 0 Å². The highest BCUT2D eigenvalue weighted by molar-refractivity contribution is 5.76. The fraction of sp³-hybridized carbons (Fsp3) is 0.958. The van der Waals surface area contributed by atoms with Gasteiger partial charge in [-0.25, -0.2) is 0 Å². The van der Waals surface area contributed by atoms with Crippen molar-refractivity contribution in [3.05, 3.63) is 0 Å². The molecule has 0 aromatic heterocycles. The summed E-state index contributed by atoms with van der Waals surface area (Å²) in [5.74, 6) is -0.259. The molecule has 2 unspecified atom stereocenters. The van der Waals surface area contributed by atoms with E-state index in [9.17, 15) is 15.0 Å². The molecule has 0 aliphatic rings. The molecule has 0 aromatic carbocycles.